The van der Waals surface area contributed by atoms with Crippen LogP contribution in [0.2, 0.25) is 6.04 Å². The van der Waals surface area contributed by atoms with Gasteiger partial charge in [-0.15, -0.1) is 0 Å². The van der Waals surface area contributed by atoms with Gasteiger partial charge in [-0.3, -0.25) is 0 Å². The highest BCUT2D eigenvalue weighted by Crippen LogP contribution is 2.13. The van der Waals surface area contributed by atoms with Gasteiger partial charge in [0.2, 0.25) is 0 Å². The molecule has 0 unspecified atom stereocenters. The van der Waals surface area contributed by atoms with E-state index in [2.05, 4.69) is 34.7 Å². The van der Waals surface area contributed by atoms with E-state index in [1.165, 1.54) is 25.4 Å². The minimum Gasteiger partial charge on any atom is -0.392 e. The monoisotopic (exact) mass is 292 g/mol. The Bertz CT molecular complexity index is 263. The summed E-state index contributed by atoms with van der Waals surface area (Å²) in [6.07, 6.45) is 1.16. The number of hydrogen-bond donors (Lipinski definition) is 1. The van der Waals surface area contributed by atoms with Crippen molar-refractivity contribution in [2.45, 2.75) is 19.1 Å². The van der Waals surface area contributed by atoms with E-state index in [0.717, 1.165) is 12.0 Å². The number of aryl methyl sites for hydroxylation is 1. The highest BCUT2D eigenvalue weighted by molar-refractivity contribution is 14.1. The van der Waals surface area contributed by atoms with Crippen molar-refractivity contribution in [3.05, 3.63) is 32.9 Å². The van der Waals surface area contributed by atoms with Crippen LogP contribution in [0.4, 0.5) is 0 Å². The van der Waals surface area contributed by atoms with Crippen molar-refractivity contribution in [3.8, 4) is 0 Å². The first-order valence-electron chi connectivity index (χ1n) is 4.15. The van der Waals surface area contributed by atoms with Gasteiger partial charge >= 0.3 is 0 Å². The maximum Gasteiger partial charge on any atom is 0.0682 e. The molecular formula is C9H13IOSi. The third-order valence-corrected chi connectivity index (χ3v) is 2.86. The third kappa shape index (κ3) is 2.88. The van der Waals surface area contributed by atoms with Crippen molar-refractivity contribution in [2.75, 3.05) is 0 Å². The summed E-state index contributed by atoms with van der Waals surface area (Å²) in [5.41, 5.74) is 2.40. The lowest BCUT2D eigenvalue weighted by Crippen LogP contribution is -1.90. The normalized spacial score (nSPS) is 10.5. The molecular weight excluding hydrogens is 279 g/mol. The van der Waals surface area contributed by atoms with Gasteiger partial charge < -0.3 is 5.11 Å². The lowest BCUT2D eigenvalue weighted by molar-refractivity contribution is 0.281. The van der Waals surface area contributed by atoms with Gasteiger partial charge in [0, 0.05) is 13.8 Å². The summed E-state index contributed by atoms with van der Waals surface area (Å²) in [6.45, 7) is 0.158. The first kappa shape index (κ1) is 10.2. The number of halogens is 1. The number of hydrogen-bond acceptors (Lipinski definition) is 1. The van der Waals surface area contributed by atoms with Gasteiger partial charge in [-0.2, -0.15) is 0 Å². The minimum absolute atomic E-state index is 0.158. The quantitative estimate of drug-likeness (QED) is 0.653. The molecule has 1 aromatic carbocycles. The molecule has 1 nitrogen and oxygen atoms in total. The first-order valence-corrected chi connectivity index (χ1v) is 6.64. The number of aliphatic hydroxyl groups excluding tert-OH is 1. The zero-order valence-electron chi connectivity index (χ0n) is 7.18. The Morgan fingerprint density at radius 2 is 1.92 bits per heavy atom. The van der Waals surface area contributed by atoms with E-state index in [9.17, 15) is 0 Å². The topological polar surface area (TPSA) is 20.2 Å². The van der Waals surface area contributed by atoms with E-state index in [1.807, 2.05) is 6.07 Å². The lowest BCUT2D eigenvalue weighted by Gasteiger charge is -2.03. The van der Waals surface area contributed by atoms with Crippen LogP contribution in [0.3, 0.4) is 0 Å². The molecule has 0 saturated heterocycles. The molecule has 0 aliphatic heterocycles. The van der Waals surface area contributed by atoms with Crippen molar-refractivity contribution in [2.24, 2.45) is 0 Å². The van der Waals surface area contributed by atoms with Crippen LogP contribution < -0.4 is 0 Å². The molecule has 0 heterocycles. The van der Waals surface area contributed by atoms with Crippen LogP contribution in [0.15, 0.2) is 18.2 Å². The molecule has 0 bridgehead atoms. The predicted molar refractivity (Wildman–Crippen MR) is 63.5 cm³/mol. The largest absolute Gasteiger partial charge is 0.392 e. The average Bonchev–Trinajstić information content (AvgIpc) is 2.04. The predicted octanol–water partition coefficient (Wildman–Crippen LogP) is 1.11. The molecule has 1 aromatic rings. The molecule has 1 N–H and O–H groups in total. The maximum absolute atomic E-state index is 8.96. The number of rotatable bonds is 3. The Balaban J connectivity index is 2.90. The molecule has 0 aromatic heterocycles. The summed E-state index contributed by atoms with van der Waals surface area (Å²) in [6, 6.07) is 7.61. The van der Waals surface area contributed by atoms with Crippen molar-refractivity contribution in [1.82, 2.24) is 0 Å². The van der Waals surface area contributed by atoms with Crippen LogP contribution in [0, 0.1) is 3.57 Å². The van der Waals surface area contributed by atoms with Crippen LogP contribution in [-0.4, -0.2) is 15.3 Å². The van der Waals surface area contributed by atoms with Crippen LogP contribution in [0.1, 0.15) is 11.1 Å². The van der Waals surface area contributed by atoms with E-state index in [0.29, 0.717) is 0 Å². The summed E-state index contributed by atoms with van der Waals surface area (Å²) < 4.78 is 1.23. The molecule has 0 aliphatic rings. The fourth-order valence-corrected chi connectivity index (χ4v) is 2.62. The zero-order chi connectivity index (χ0) is 8.97. The van der Waals surface area contributed by atoms with Gasteiger partial charge in [0.25, 0.3) is 0 Å². The summed E-state index contributed by atoms with van der Waals surface area (Å²) in [7, 11) is 1.26. The van der Waals surface area contributed by atoms with Crippen LogP contribution in [0.25, 0.3) is 0 Å². The van der Waals surface area contributed by atoms with E-state index >= 15 is 0 Å². The van der Waals surface area contributed by atoms with E-state index in [4.69, 9.17) is 5.11 Å². The highest BCUT2D eigenvalue weighted by Gasteiger charge is 1.97. The first-order chi connectivity index (χ1) is 5.76. The van der Waals surface area contributed by atoms with Gasteiger partial charge in [0.05, 0.1) is 6.61 Å². The molecule has 0 fully saturated rings. The molecule has 12 heavy (non-hydrogen) atoms. The van der Waals surface area contributed by atoms with Crippen LogP contribution in [-0.2, 0) is 13.0 Å². The third-order valence-electron chi connectivity index (χ3n) is 1.74. The van der Waals surface area contributed by atoms with Crippen LogP contribution >= 0.6 is 22.6 Å². The Kier molecular flexibility index (Phi) is 4.24. The Labute approximate surface area is 89.8 Å². The fraction of sp³-hybridized carbons (Fsp3) is 0.333. The number of benzene rings is 1. The summed E-state index contributed by atoms with van der Waals surface area (Å²) in [5.74, 6) is 0. The Morgan fingerprint density at radius 1 is 1.25 bits per heavy atom. The van der Waals surface area contributed by atoms with Crippen molar-refractivity contribution in [1.29, 1.82) is 0 Å². The van der Waals surface area contributed by atoms with E-state index in [-0.39, 0.29) is 6.61 Å². The second-order valence-corrected chi connectivity index (χ2v) is 5.12. The number of aliphatic hydroxyl groups is 1. The molecule has 66 valence electrons. The molecule has 0 spiro atoms. The highest BCUT2D eigenvalue weighted by atomic mass is 127. The van der Waals surface area contributed by atoms with Gasteiger partial charge in [-0.1, -0.05) is 12.1 Å². The second-order valence-electron chi connectivity index (χ2n) is 2.88. The van der Waals surface area contributed by atoms with Gasteiger partial charge in [0.15, 0.2) is 0 Å². The molecule has 0 amide bonds. The summed E-state index contributed by atoms with van der Waals surface area (Å²) >= 11 is 2.29. The van der Waals surface area contributed by atoms with E-state index < -0.39 is 0 Å². The van der Waals surface area contributed by atoms with Crippen molar-refractivity contribution >= 4 is 32.8 Å². The Morgan fingerprint density at radius 3 is 2.50 bits per heavy atom. The standard InChI is InChI=1S/C9H13IOSi/c10-9-4-7(1-2-12)3-8(5-9)6-11/h3-5,11H,1-2,6H2,12H3. The summed E-state index contributed by atoms with van der Waals surface area (Å²) in [5, 5.41) is 8.96. The maximum atomic E-state index is 8.96. The van der Waals surface area contributed by atoms with Gasteiger partial charge in [0.1, 0.15) is 0 Å². The SMILES string of the molecule is OCc1cc(I)cc(CC[SiH3])c1. The van der Waals surface area contributed by atoms with Crippen molar-refractivity contribution in [3.63, 3.8) is 0 Å². The molecule has 1 rings (SSSR count). The second kappa shape index (κ2) is 4.99. The smallest absolute Gasteiger partial charge is 0.0682 e. The molecule has 0 atom stereocenters. The molecule has 0 saturated carbocycles. The summed E-state index contributed by atoms with van der Waals surface area (Å²) in [4.78, 5) is 0. The van der Waals surface area contributed by atoms with Gasteiger partial charge in [-0.25, -0.2) is 0 Å². The molecule has 0 radical (unpaired) electrons. The lowest BCUT2D eigenvalue weighted by atomic mass is 10.1. The zero-order valence-corrected chi connectivity index (χ0v) is 11.3. The molecule has 3 heteroatoms. The minimum atomic E-state index is 0.158. The molecule has 0 aliphatic carbocycles. The fourth-order valence-electron chi connectivity index (χ4n) is 1.24. The van der Waals surface area contributed by atoms with Crippen LogP contribution in [0.5, 0.6) is 0 Å². The Hall–Kier alpha value is 0.127. The van der Waals surface area contributed by atoms with Gasteiger partial charge in [-0.05, 0) is 52.3 Å². The van der Waals surface area contributed by atoms with E-state index in [1.54, 1.807) is 0 Å². The van der Waals surface area contributed by atoms with Crippen molar-refractivity contribution < 1.29 is 5.11 Å². The average molecular weight is 292 g/mol.